The average Bonchev–Trinajstić information content (AvgIpc) is 2.62. The van der Waals surface area contributed by atoms with E-state index < -0.39 is 5.82 Å². The number of carbonyl (C=O) groups is 1. The molecular weight excluding hydrogens is 347 g/mol. The smallest absolute Gasteiger partial charge is 0.272 e. The molecule has 0 saturated heterocycles. The summed E-state index contributed by atoms with van der Waals surface area (Å²) in [6, 6.07) is 11.5. The Labute approximate surface area is 150 Å². The monoisotopic (exact) mass is 364 g/mol. The second-order valence-corrected chi connectivity index (χ2v) is 5.40. The first-order valence-corrected chi connectivity index (χ1v) is 7.98. The lowest BCUT2D eigenvalue weighted by atomic mass is 10.1. The largest absolute Gasteiger partial charge is 0.489 e. The molecule has 132 valence electrons. The van der Waals surface area contributed by atoms with Crippen LogP contribution in [0, 0.1) is 5.82 Å². The average molecular weight is 365 g/mol. The Morgan fingerprint density at radius 1 is 1.32 bits per heavy atom. The molecule has 0 aliphatic heterocycles. The fourth-order valence-corrected chi connectivity index (χ4v) is 2.41. The molecule has 0 aromatic heterocycles. The number of para-hydroxylation sites is 1. The Kier molecular flexibility index (Phi) is 6.77. The van der Waals surface area contributed by atoms with Gasteiger partial charge < -0.3 is 14.5 Å². The molecule has 0 unspecified atom stereocenters. The summed E-state index contributed by atoms with van der Waals surface area (Å²) in [7, 11) is 1.37. The quantitative estimate of drug-likeness (QED) is 0.550. The number of halogens is 2. The van der Waals surface area contributed by atoms with Crippen molar-refractivity contribution in [1.82, 2.24) is 0 Å². The van der Waals surface area contributed by atoms with Crippen LogP contribution in [0.15, 0.2) is 47.6 Å². The van der Waals surface area contributed by atoms with Gasteiger partial charge in [-0.1, -0.05) is 35.0 Å². The summed E-state index contributed by atoms with van der Waals surface area (Å²) in [6.45, 7) is 2.51. The van der Waals surface area contributed by atoms with Crippen LogP contribution in [0.25, 0.3) is 0 Å². The summed E-state index contributed by atoms with van der Waals surface area (Å²) < 4.78 is 18.9. The molecule has 2 rings (SSSR count). The van der Waals surface area contributed by atoms with Crippen molar-refractivity contribution in [2.24, 2.45) is 5.16 Å². The fourth-order valence-electron chi connectivity index (χ4n) is 2.24. The number of oxime groups is 1. The first-order valence-electron chi connectivity index (χ1n) is 7.60. The van der Waals surface area contributed by atoms with Gasteiger partial charge >= 0.3 is 0 Å². The van der Waals surface area contributed by atoms with Gasteiger partial charge in [-0.3, -0.25) is 4.79 Å². The van der Waals surface area contributed by atoms with E-state index in [1.807, 2.05) is 31.2 Å². The van der Waals surface area contributed by atoms with Crippen LogP contribution in [-0.2, 0) is 16.2 Å². The lowest BCUT2D eigenvalue weighted by Crippen LogP contribution is -2.32. The molecular formula is C18H18ClFN2O3. The van der Waals surface area contributed by atoms with Crippen LogP contribution in [0.2, 0.25) is 5.02 Å². The third kappa shape index (κ3) is 4.93. The van der Waals surface area contributed by atoms with Crippen molar-refractivity contribution in [2.45, 2.75) is 13.5 Å². The highest BCUT2D eigenvalue weighted by atomic mass is 35.5. The number of benzene rings is 2. The fraction of sp³-hybridized carbons (Fsp3) is 0.222. The maximum Gasteiger partial charge on any atom is 0.272 e. The van der Waals surface area contributed by atoms with Crippen LogP contribution in [0.1, 0.15) is 12.5 Å². The predicted molar refractivity (Wildman–Crippen MR) is 95.7 cm³/mol. The van der Waals surface area contributed by atoms with Crippen LogP contribution in [0.4, 0.5) is 10.1 Å². The number of hydrogen-bond acceptors (Lipinski definition) is 4. The SMILES string of the molecule is CCN(C(=O)C=NOC)c1ccccc1COc1ccc(F)c(Cl)c1. The van der Waals surface area contributed by atoms with Crippen molar-refractivity contribution < 1.29 is 18.8 Å². The van der Waals surface area contributed by atoms with Crippen molar-refractivity contribution in [1.29, 1.82) is 0 Å². The van der Waals surface area contributed by atoms with E-state index in [0.717, 1.165) is 11.8 Å². The molecule has 0 saturated carbocycles. The van der Waals surface area contributed by atoms with E-state index >= 15 is 0 Å². The van der Waals surface area contributed by atoms with Gasteiger partial charge in [0, 0.05) is 18.2 Å². The third-order valence-electron chi connectivity index (χ3n) is 3.42. The maximum atomic E-state index is 13.2. The summed E-state index contributed by atoms with van der Waals surface area (Å²) >= 11 is 5.76. The first kappa shape index (κ1) is 18.7. The number of anilines is 1. The number of amides is 1. The lowest BCUT2D eigenvalue weighted by molar-refractivity contribution is -0.112. The lowest BCUT2D eigenvalue weighted by Gasteiger charge is -2.22. The number of rotatable bonds is 7. The van der Waals surface area contributed by atoms with Gasteiger partial charge in [-0.05, 0) is 25.1 Å². The Bertz CT molecular complexity index is 768. The van der Waals surface area contributed by atoms with Gasteiger partial charge in [0.15, 0.2) is 0 Å². The van der Waals surface area contributed by atoms with Crippen LogP contribution in [-0.4, -0.2) is 25.8 Å². The number of ether oxygens (including phenoxy) is 1. The normalized spacial score (nSPS) is 10.7. The first-order chi connectivity index (χ1) is 12.1. The zero-order valence-corrected chi connectivity index (χ0v) is 14.7. The van der Waals surface area contributed by atoms with Gasteiger partial charge in [0.25, 0.3) is 5.91 Å². The molecule has 0 atom stereocenters. The molecule has 0 radical (unpaired) electrons. The Morgan fingerprint density at radius 2 is 2.08 bits per heavy atom. The highest BCUT2D eigenvalue weighted by Gasteiger charge is 2.16. The Balaban J connectivity index is 2.20. The maximum absolute atomic E-state index is 13.2. The summed E-state index contributed by atoms with van der Waals surface area (Å²) in [6.07, 6.45) is 1.11. The molecule has 0 aliphatic carbocycles. The van der Waals surface area contributed by atoms with Crippen molar-refractivity contribution in [3.8, 4) is 5.75 Å². The molecule has 7 heteroatoms. The van der Waals surface area contributed by atoms with E-state index in [-0.39, 0.29) is 17.5 Å². The molecule has 25 heavy (non-hydrogen) atoms. The minimum atomic E-state index is -0.505. The molecule has 1 amide bonds. The van der Waals surface area contributed by atoms with Crippen molar-refractivity contribution >= 4 is 29.4 Å². The minimum Gasteiger partial charge on any atom is -0.489 e. The predicted octanol–water partition coefficient (Wildman–Crippen LogP) is 4.04. The molecule has 5 nitrogen and oxygen atoms in total. The van der Waals surface area contributed by atoms with Gasteiger partial charge in [0.2, 0.25) is 0 Å². The molecule has 0 bridgehead atoms. The van der Waals surface area contributed by atoms with Crippen molar-refractivity contribution in [3.05, 3.63) is 58.9 Å². The Hall–Kier alpha value is -2.60. The van der Waals surface area contributed by atoms with Crippen LogP contribution < -0.4 is 9.64 Å². The molecule has 0 fully saturated rings. The minimum absolute atomic E-state index is 0.00748. The molecule has 0 spiro atoms. The van der Waals surface area contributed by atoms with Gasteiger partial charge in [-0.25, -0.2) is 4.39 Å². The van der Waals surface area contributed by atoms with Gasteiger partial charge in [-0.15, -0.1) is 0 Å². The standard InChI is InChI=1S/C18H18ClFN2O3/c1-3-22(18(23)11-21-24-2)17-7-5-4-6-13(17)12-25-14-8-9-16(20)15(19)10-14/h4-11H,3,12H2,1-2H3. The molecule has 2 aromatic rings. The van der Waals surface area contributed by atoms with E-state index in [1.54, 1.807) is 4.90 Å². The van der Waals surface area contributed by atoms with Crippen LogP contribution in [0.3, 0.4) is 0 Å². The highest BCUT2D eigenvalue weighted by molar-refractivity contribution is 6.32. The van der Waals surface area contributed by atoms with Crippen LogP contribution in [0.5, 0.6) is 5.75 Å². The summed E-state index contributed by atoms with van der Waals surface area (Å²) in [4.78, 5) is 18.3. The topological polar surface area (TPSA) is 51.1 Å². The van der Waals surface area contributed by atoms with E-state index in [0.29, 0.717) is 18.0 Å². The molecule has 0 heterocycles. The number of carbonyl (C=O) groups excluding carboxylic acids is 1. The van der Waals surface area contributed by atoms with E-state index in [4.69, 9.17) is 16.3 Å². The second-order valence-electron chi connectivity index (χ2n) is 4.99. The molecule has 0 aliphatic rings. The molecule has 2 aromatic carbocycles. The summed E-state index contributed by atoms with van der Waals surface area (Å²) in [5.41, 5.74) is 1.50. The number of nitrogens with zero attached hydrogens (tertiary/aromatic N) is 2. The van der Waals surface area contributed by atoms with Crippen molar-refractivity contribution in [3.63, 3.8) is 0 Å². The zero-order valence-electron chi connectivity index (χ0n) is 13.9. The number of hydrogen-bond donors (Lipinski definition) is 0. The van der Waals surface area contributed by atoms with E-state index in [9.17, 15) is 9.18 Å². The zero-order chi connectivity index (χ0) is 18.2. The van der Waals surface area contributed by atoms with E-state index in [2.05, 4.69) is 9.99 Å². The molecule has 0 N–H and O–H groups in total. The Morgan fingerprint density at radius 3 is 2.76 bits per heavy atom. The third-order valence-corrected chi connectivity index (χ3v) is 3.71. The van der Waals surface area contributed by atoms with Gasteiger partial charge in [0.05, 0.1) is 10.7 Å². The van der Waals surface area contributed by atoms with Crippen LogP contribution >= 0.6 is 11.6 Å². The highest BCUT2D eigenvalue weighted by Crippen LogP contribution is 2.25. The van der Waals surface area contributed by atoms with E-state index in [1.165, 1.54) is 25.3 Å². The van der Waals surface area contributed by atoms with Gasteiger partial charge in [-0.2, -0.15) is 0 Å². The summed E-state index contributed by atoms with van der Waals surface area (Å²) in [5, 5.41) is 3.50. The summed E-state index contributed by atoms with van der Waals surface area (Å²) in [5.74, 6) is -0.368. The van der Waals surface area contributed by atoms with Crippen molar-refractivity contribution in [2.75, 3.05) is 18.6 Å². The van der Waals surface area contributed by atoms with Gasteiger partial charge in [0.1, 0.15) is 31.5 Å². The second kappa shape index (κ2) is 9.03.